The molecule has 0 fully saturated rings. The van der Waals surface area contributed by atoms with Crippen LogP contribution in [0.2, 0.25) is 0 Å². The van der Waals surface area contributed by atoms with Crippen LogP contribution in [0.1, 0.15) is 31.4 Å². The van der Waals surface area contributed by atoms with Crippen LogP contribution in [0.3, 0.4) is 0 Å². The molecule has 0 spiro atoms. The van der Waals surface area contributed by atoms with Gasteiger partial charge in [0.1, 0.15) is 17.8 Å². The minimum absolute atomic E-state index is 0.177. The molecule has 3 amide bonds. The van der Waals surface area contributed by atoms with E-state index in [0.717, 1.165) is 11.1 Å². The molecule has 5 N–H and O–H groups in total. The van der Waals surface area contributed by atoms with Crippen LogP contribution in [0, 0.1) is 13.1 Å². The molecule has 2 aromatic rings. The predicted octanol–water partition coefficient (Wildman–Crippen LogP) is 2.89. The molecule has 0 unspecified atom stereocenters. The van der Waals surface area contributed by atoms with Crippen LogP contribution in [0.5, 0.6) is 5.75 Å². The molecule has 2 atom stereocenters. The van der Waals surface area contributed by atoms with Gasteiger partial charge >= 0.3 is 0 Å². The normalized spacial score (nSPS) is 12.8. The van der Waals surface area contributed by atoms with Crippen molar-refractivity contribution in [2.75, 3.05) is 0 Å². The number of hydrogen-bond donors (Lipinski definition) is 4. The Hall–Kier alpha value is -1.89. The van der Waals surface area contributed by atoms with Crippen molar-refractivity contribution >= 4 is 62.9 Å². The summed E-state index contributed by atoms with van der Waals surface area (Å²) >= 11 is 4.04. The zero-order chi connectivity index (χ0) is 23.8. The molecule has 0 aromatic heterocycles. The fourth-order valence-corrected chi connectivity index (χ4v) is 5.07. The van der Waals surface area contributed by atoms with E-state index in [2.05, 4.69) is 10.6 Å². The van der Waals surface area contributed by atoms with Crippen molar-refractivity contribution in [1.29, 1.82) is 0 Å². The molecular formula is C23H27I2N3O4. The van der Waals surface area contributed by atoms with Gasteiger partial charge in [0.05, 0.1) is 7.14 Å². The van der Waals surface area contributed by atoms with Gasteiger partial charge in [-0.25, -0.2) is 0 Å². The van der Waals surface area contributed by atoms with E-state index in [1.807, 2.05) is 75.5 Å². The molecule has 0 aliphatic rings. The van der Waals surface area contributed by atoms with Crippen molar-refractivity contribution in [1.82, 2.24) is 10.6 Å². The third-order valence-electron chi connectivity index (χ3n) is 4.92. The number of rotatable bonds is 10. The summed E-state index contributed by atoms with van der Waals surface area (Å²) in [7, 11) is 0. The highest BCUT2D eigenvalue weighted by atomic mass is 127. The first-order chi connectivity index (χ1) is 15.1. The highest BCUT2D eigenvalue weighted by molar-refractivity contribution is 14.1. The van der Waals surface area contributed by atoms with Gasteiger partial charge < -0.3 is 21.5 Å². The summed E-state index contributed by atoms with van der Waals surface area (Å²) in [5.41, 5.74) is 7.24. The smallest absolute Gasteiger partial charge is 0.243 e. The SMILES string of the molecule is CC(C)[C@H](NC(=O)[C@H](Cc1cc(I)c(O)c(I)c1)NC(=O)CCc1ccccc1)C(N)=O. The predicted molar refractivity (Wildman–Crippen MR) is 140 cm³/mol. The van der Waals surface area contributed by atoms with Gasteiger partial charge in [-0.15, -0.1) is 0 Å². The van der Waals surface area contributed by atoms with E-state index in [4.69, 9.17) is 5.73 Å². The molecule has 0 saturated carbocycles. The molecule has 0 aliphatic heterocycles. The number of nitrogens with two attached hydrogens (primary N) is 1. The lowest BCUT2D eigenvalue weighted by atomic mass is 10.0. The van der Waals surface area contributed by atoms with Gasteiger partial charge in [0.15, 0.2) is 0 Å². The molecular weight excluding hydrogens is 636 g/mol. The number of carbonyl (C=O) groups excluding carboxylic acids is 3. The van der Waals surface area contributed by atoms with Gasteiger partial charge in [0.2, 0.25) is 17.7 Å². The van der Waals surface area contributed by atoms with Crippen molar-refractivity contribution in [3.05, 3.63) is 60.7 Å². The fourth-order valence-electron chi connectivity index (χ4n) is 3.17. The standard InChI is InChI=1S/C23H27I2N3O4/c1-13(2)20(22(26)31)28-23(32)18(12-15-10-16(24)21(30)17(25)11-15)27-19(29)9-8-14-6-4-3-5-7-14/h3-7,10-11,13,18,20,30H,8-9,12H2,1-2H3,(H2,26,31)(H,27,29)(H,28,32)/t18-,20-/m0/s1. The molecule has 0 saturated heterocycles. The second-order valence-corrected chi connectivity index (χ2v) is 10.2. The number of phenolic OH excluding ortho intramolecular Hbond substituents is 1. The summed E-state index contributed by atoms with van der Waals surface area (Å²) in [6.45, 7) is 3.57. The van der Waals surface area contributed by atoms with E-state index >= 15 is 0 Å². The molecule has 0 bridgehead atoms. The van der Waals surface area contributed by atoms with Crippen molar-refractivity contribution in [3.8, 4) is 5.75 Å². The van der Waals surface area contributed by atoms with E-state index in [-0.39, 0.29) is 30.4 Å². The minimum atomic E-state index is -0.894. The molecule has 7 nitrogen and oxygen atoms in total. The number of aryl methyl sites for hydroxylation is 1. The number of hydrogen-bond acceptors (Lipinski definition) is 4. The van der Waals surface area contributed by atoms with Crippen molar-refractivity contribution in [2.24, 2.45) is 11.7 Å². The van der Waals surface area contributed by atoms with Crippen LogP contribution in [-0.2, 0) is 27.2 Å². The second-order valence-electron chi connectivity index (χ2n) is 7.85. The van der Waals surface area contributed by atoms with E-state index in [1.54, 1.807) is 26.0 Å². The molecule has 9 heteroatoms. The minimum Gasteiger partial charge on any atom is -0.506 e. The first-order valence-electron chi connectivity index (χ1n) is 10.2. The first-order valence-corrected chi connectivity index (χ1v) is 12.3. The monoisotopic (exact) mass is 663 g/mol. The van der Waals surface area contributed by atoms with Gasteiger partial charge in [-0.2, -0.15) is 0 Å². The van der Waals surface area contributed by atoms with Crippen LogP contribution in [0.15, 0.2) is 42.5 Å². The highest BCUT2D eigenvalue weighted by Gasteiger charge is 2.28. The summed E-state index contributed by atoms with van der Waals surface area (Å²) in [4.78, 5) is 37.4. The Morgan fingerprint density at radius 1 is 1.00 bits per heavy atom. The largest absolute Gasteiger partial charge is 0.506 e. The maximum Gasteiger partial charge on any atom is 0.243 e. The van der Waals surface area contributed by atoms with Gasteiger partial charge in [-0.3, -0.25) is 14.4 Å². The summed E-state index contributed by atoms with van der Waals surface area (Å²) in [6.07, 6.45) is 0.979. The van der Waals surface area contributed by atoms with Crippen molar-refractivity contribution in [2.45, 2.75) is 45.2 Å². The zero-order valence-corrected chi connectivity index (χ0v) is 22.2. The van der Waals surface area contributed by atoms with Gasteiger partial charge in [-0.05, 0) is 80.8 Å². The van der Waals surface area contributed by atoms with Crippen LogP contribution < -0.4 is 16.4 Å². The Labute approximate surface area is 215 Å². The van der Waals surface area contributed by atoms with E-state index in [9.17, 15) is 19.5 Å². The third kappa shape index (κ3) is 7.91. The number of carbonyl (C=O) groups is 3. The number of primary amides is 1. The van der Waals surface area contributed by atoms with E-state index in [1.165, 1.54) is 0 Å². The number of halogens is 2. The highest BCUT2D eigenvalue weighted by Crippen LogP contribution is 2.28. The van der Waals surface area contributed by atoms with Crippen molar-refractivity contribution < 1.29 is 19.5 Å². The van der Waals surface area contributed by atoms with Gasteiger partial charge in [0.25, 0.3) is 0 Å². The molecule has 2 rings (SSSR count). The average molecular weight is 663 g/mol. The maximum atomic E-state index is 13.0. The quantitative estimate of drug-likeness (QED) is 0.293. The lowest BCUT2D eigenvalue weighted by Crippen LogP contribution is -2.55. The average Bonchev–Trinajstić information content (AvgIpc) is 2.74. The van der Waals surface area contributed by atoms with Crippen LogP contribution >= 0.6 is 45.2 Å². The molecule has 32 heavy (non-hydrogen) atoms. The third-order valence-corrected chi connectivity index (χ3v) is 6.57. The summed E-state index contributed by atoms with van der Waals surface area (Å²) < 4.78 is 1.30. The molecule has 2 aromatic carbocycles. The fraction of sp³-hybridized carbons (Fsp3) is 0.348. The van der Waals surface area contributed by atoms with Crippen LogP contribution in [0.25, 0.3) is 0 Å². The Bertz CT molecular complexity index is 944. The second kappa shape index (κ2) is 12.4. The summed E-state index contributed by atoms with van der Waals surface area (Å²) in [6, 6.07) is 11.4. The Morgan fingerprint density at radius 2 is 1.59 bits per heavy atom. The lowest BCUT2D eigenvalue weighted by molar-refractivity contribution is -0.131. The van der Waals surface area contributed by atoms with Crippen LogP contribution in [-0.4, -0.2) is 34.9 Å². The summed E-state index contributed by atoms with van der Waals surface area (Å²) in [5.74, 6) is -1.39. The van der Waals surface area contributed by atoms with Crippen molar-refractivity contribution in [3.63, 3.8) is 0 Å². The lowest BCUT2D eigenvalue weighted by Gasteiger charge is -2.24. The Kier molecular flexibility index (Phi) is 10.2. The van der Waals surface area contributed by atoms with E-state index in [0.29, 0.717) is 13.6 Å². The number of amides is 3. The molecule has 172 valence electrons. The van der Waals surface area contributed by atoms with E-state index < -0.39 is 23.9 Å². The number of benzene rings is 2. The zero-order valence-electron chi connectivity index (χ0n) is 17.9. The summed E-state index contributed by atoms with van der Waals surface area (Å²) in [5, 5.41) is 15.5. The number of nitrogens with one attached hydrogen (secondary N) is 2. The van der Waals surface area contributed by atoms with Gasteiger partial charge in [-0.1, -0.05) is 44.2 Å². The number of aromatic hydroxyl groups is 1. The first kappa shape index (κ1) is 26.4. The van der Waals surface area contributed by atoms with Gasteiger partial charge in [0, 0.05) is 12.8 Å². The maximum absolute atomic E-state index is 13.0. The Balaban J connectivity index is 2.18. The molecule has 0 heterocycles. The number of phenols is 1. The van der Waals surface area contributed by atoms with Crippen LogP contribution in [0.4, 0.5) is 0 Å². The molecule has 0 radical (unpaired) electrons. The topological polar surface area (TPSA) is 122 Å². The Morgan fingerprint density at radius 3 is 2.12 bits per heavy atom. The molecule has 0 aliphatic carbocycles.